The van der Waals surface area contributed by atoms with Crippen LogP contribution in [-0.2, 0) is 6.42 Å². The van der Waals surface area contributed by atoms with Crippen molar-refractivity contribution in [2.45, 2.75) is 6.42 Å². The highest BCUT2D eigenvalue weighted by Crippen LogP contribution is 2.18. The van der Waals surface area contributed by atoms with Crippen molar-refractivity contribution in [2.75, 3.05) is 44.7 Å². The van der Waals surface area contributed by atoms with Gasteiger partial charge in [-0.25, -0.2) is 0 Å². The maximum atomic E-state index is 12.4. The van der Waals surface area contributed by atoms with Gasteiger partial charge < -0.3 is 15.1 Å². The largest absolute Gasteiger partial charge is 0.369 e. The van der Waals surface area contributed by atoms with Crippen LogP contribution in [0.25, 0.3) is 10.8 Å². The van der Waals surface area contributed by atoms with Crippen LogP contribution in [0.4, 0.5) is 5.69 Å². The Kier molecular flexibility index (Phi) is 5.58. The normalized spacial score (nSPS) is 15.0. The summed E-state index contributed by atoms with van der Waals surface area (Å²) in [5.74, 6) is -0.0141. The Morgan fingerprint density at radius 1 is 0.893 bits per heavy atom. The number of carbonyl (C=O) groups is 1. The summed E-state index contributed by atoms with van der Waals surface area (Å²) in [4.78, 5) is 17.2. The summed E-state index contributed by atoms with van der Waals surface area (Å²) in [7, 11) is 2.17. The van der Waals surface area contributed by atoms with E-state index in [0.29, 0.717) is 12.1 Å². The van der Waals surface area contributed by atoms with Gasteiger partial charge in [-0.05, 0) is 54.1 Å². The minimum Gasteiger partial charge on any atom is -0.369 e. The molecule has 1 amide bonds. The van der Waals surface area contributed by atoms with Gasteiger partial charge in [0.25, 0.3) is 5.91 Å². The molecule has 144 valence electrons. The predicted octanol–water partition coefficient (Wildman–Crippen LogP) is 3.56. The quantitative estimate of drug-likeness (QED) is 0.743. The zero-order valence-corrected chi connectivity index (χ0v) is 16.4. The van der Waals surface area contributed by atoms with Gasteiger partial charge in [-0.1, -0.05) is 42.5 Å². The lowest BCUT2D eigenvalue weighted by Crippen LogP contribution is -2.44. The van der Waals surface area contributed by atoms with Crippen LogP contribution in [0.3, 0.4) is 0 Å². The monoisotopic (exact) mass is 373 g/mol. The molecule has 1 fully saturated rings. The maximum Gasteiger partial charge on any atom is 0.251 e. The van der Waals surface area contributed by atoms with Crippen LogP contribution in [0, 0.1) is 0 Å². The van der Waals surface area contributed by atoms with Crippen molar-refractivity contribution in [3.63, 3.8) is 0 Å². The summed E-state index contributed by atoms with van der Waals surface area (Å²) >= 11 is 0. The molecule has 1 heterocycles. The number of nitrogens with one attached hydrogen (secondary N) is 1. The number of carbonyl (C=O) groups excluding carboxylic acids is 1. The number of fused-ring (bicyclic) bond motifs is 1. The standard InChI is InChI=1S/C24H27N3O/c1-26-14-16-27(17-15-26)23-10-6-19(7-11-23)12-13-25-24(28)22-9-8-20-4-2-3-5-21(20)18-22/h2-11,18H,12-17H2,1H3,(H,25,28). The number of piperazine rings is 1. The highest BCUT2D eigenvalue weighted by Gasteiger charge is 2.14. The SMILES string of the molecule is CN1CCN(c2ccc(CCNC(=O)c3ccc4ccccc4c3)cc2)CC1. The highest BCUT2D eigenvalue weighted by molar-refractivity contribution is 5.98. The molecule has 4 rings (SSSR count). The van der Waals surface area contributed by atoms with E-state index in [4.69, 9.17) is 0 Å². The minimum atomic E-state index is -0.0141. The average Bonchev–Trinajstić information content (AvgIpc) is 2.74. The molecule has 1 saturated heterocycles. The third kappa shape index (κ3) is 4.34. The molecule has 0 spiro atoms. The Morgan fingerprint density at radius 2 is 1.61 bits per heavy atom. The second kappa shape index (κ2) is 8.44. The van der Waals surface area contributed by atoms with Crippen molar-refractivity contribution < 1.29 is 4.79 Å². The summed E-state index contributed by atoms with van der Waals surface area (Å²) in [6.45, 7) is 5.03. The van der Waals surface area contributed by atoms with Crippen LogP contribution in [0.1, 0.15) is 15.9 Å². The van der Waals surface area contributed by atoms with Gasteiger partial charge in [0.15, 0.2) is 0 Å². The Morgan fingerprint density at radius 3 is 2.36 bits per heavy atom. The molecule has 0 aromatic heterocycles. The highest BCUT2D eigenvalue weighted by atomic mass is 16.1. The van der Waals surface area contributed by atoms with Crippen LogP contribution < -0.4 is 10.2 Å². The number of rotatable bonds is 5. The molecule has 1 aliphatic heterocycles. The Labute approximate surface area is 166 Å². The van der Waals surface area contributed by atoms with E-state index >= 15 is 0 Å². The molecule has 0 radical (unpaired) electrons. The maximum absolute atomic E-state index is 12.4. The second-order valence-electron chi connectivity index (χ2n) is 7.52. The van der Waals surface area contributed by atoms with E-state index in [1.807, 2.05) is 36.4 Å². The molecule has 1 N–H and O–H groups in total. The molecule has 3 aromatic carbocycles. The van der Waals surface area contributed by atoms with Crippen LogP contribution >= 0.6 is 0 Å². The van der Waals surface area contributed by atoms with Gasteiger partial charge in [0, 0.05) is 44.0 Å². The first-order valence-corrected chi connectivity index (χ1v) is 9.98. The van der Waals surface area contributed by atoms with Crippen LogP contribution in [0.2, 0.25) is 0 Å². The molecule has 28 heavy (non-hydrogen) atoms. The number of benzene rings is 3. The fourth-order valence-electron chi connectivity index (χ4n) is 3.69. The molecule has 4 nitrogen and oxygen atoms in total. The van der Waals surface area contributed by atoms with E-state index in [0.717, 1.165) is 43.4 Å². The van der Waals surface area contributed by atoms with Crippen LogP contribution in [-0.4, -0.2) is 50.6 Å². The van der Waals surface area contributed by atoms with Crippen LogP contribution in [0.5, 0.6) is 0 Å². The van der Waals surface area contributed by atoms with Crippen molar-refractivity contribution in [1.29, 1.82) is 0 Å². The zero-order valence-electron chi connectivity index (χ0n) is 16.4. The summed E-state index contributed by atoms with van der Waals surface area (Å²) in [6, 6.07) is 22.7. The molecule has 0 aliphatic carbocycles. The molecule has 0 saturated carbocycles. The van der Waals surface area contributed by atoms with Crippen molar-refractivity contribution in [2.24, 2.45) is 0 Å². The van der Waals surface area contributed by atoms with Gasteiger partial charge in [-0.15, -0.1) is 0 Å². The van der Waals surface area contributed by atoms with Crippen molar-refractivity contribution >= 4 is 22.4 Å². The molecule has 0 unspecified atom stereocenters. The number of likely N-dealkylation sites (N-methyl/N-ethyl adjacent to an activating group) is 1. The van der Waals surface area contributed by atoms with E-state index in [1.165, 1.54) is 11.3 Å². The molecular formula is C24H27N3O. The predicted molar refractivity (Wildman–Crippen MR) is 116 cm³/mol. The van der Waals surface area contributed by atoms with Gasteiger partial charge in [0.05, 0.1) is 0 Å². The molecule has 0 atom stereocenters. The van der Waals surface area contributed by atoms with Crippen LogP contribution in [0.15, 0.2) is 66.7 Å². The second-order valence-corrected chi connectivity index (χ2v) is 7.52. The fraction of sp³-hybridized carbons (Fsp3) is 0.292. The summed E-state index contributed by atoms with van der Waals surface area (Å²) in [5, 5.41) is 5.28. The molecule has 3 aromatic rings. The molecule has 1 aliphatic rings. The van der Waals surface area contributed by atoms with Gasteiger partial charge in [0.2, 0.25) is 0 Å². The molecule has 4 heteroatoms. The topological polar surface area (TPSA) is 35.6 Å². The Bertz CT molecular complexity index is 943. The number of anilines is 1. The first-order valence-electron chi connectivity index (χ1n) is 9.98. The van der Waals surface area contributed by atoms with Gasteiger partial charge >= 0.3 is 0 Å². The summed E-state index contributed by atoms with van der Waals surface area (Å²) in [6.07, 6.45) is 0.836. The third-order valence-corrected chi connectivity index (χ3v) is 5.52. The Balaban J connectivity index is 1.30. The number of hydrogen-bond acceptors (Lipinski definition) is 3. The number of hydrogen-bond donors (Lipinski definition) is 1. The third-order valence-electron chi connectivity index (χ3n) is 5.52. The lowest BCUT2D eigenvalue weighted by molar-refractivity contribution is 0.0954. The fourth-order valence-corrected chi connectivity index (χ4v) is 3.69. The number of amides is 1. The first-order chi connectivity index (χ1) is 13.7. The van der Waals surface area contributed by atoms with E-state index in [1.54, 1.807) is 0 Å². The van der Waals surface area contributed by atoms with Crippen molar-refractivity contribution in [3.05, 3.63) is 77.9 Å². The van der Waals surface area contributed by atoms with Crippen molar-refractivity contribution in [3.8, 4) is 0 Å². The average molecular weight is 374 g/mol. The van der Waals surface area contributed by atoms with Gasteiger partial charge in [-0.2, -0.15) is 0 Å². The summed E-state index contributed by atoms with van der Waals surface area (Å²) < 4.78 is 0. The van der Waals surface area contributed by atoms with E-state index in [9.17, 15) is 4.79 Å². The summed E-state index contributed by atoms with van der Waals surface area (Å²) in [5.41, 5.74) is 3.25. The van der Waals surface area contributed by atoms with E-state index in [2.05, 4.69) is 52.5 Å². The van der Waals surface area contributed by atoms with Crippen molar-refractivity contribution in [1.82, 2.24) is 10.2 Å². The smallest absolute Gasteiger partial charge is 0.251 e. The van der Waals surface area contributed by atoms with E-state index < -0.39 is 0 Å². The van der Waals surface area contributed by atoms with Gasteiger partial charge in [-0.3, -0.25) is 4.79 Å². The lowest BCUT2D eigenvalue weighted by Gasteiger charge is -2.34. The first kappa shape index (κ1) is 18.5. The van der Waals surface area contributed by atoms with Gasteiger partial charge in [0.1, 0.15) is 0 Å². The zero-order chi connectivity index (χ0) is 19.3. The minimum absolute atomic E-state index is 0.0141. The molecular weight excluding hydrogens is 346 g/mol. The number of nitrogens with zero attached hydrogens (tertiary/aromatic N) is 2. The molecule has 0 bridgehead atoms. The lowest BCUT2D eigenvalue weighted by atomic mass is 10.1. The van der Waals surface area contributed by atoms with E-state index in [-0.39, 0.29) is 5.91 Å². The Hall–Kier alpha value is -2.85.